The van der Waals surface area contributed by atoms with Crippen molar-refractivity contribution in [3.63, 3.8) is 0 Å². The summed E-state index contributed by atoms with van der Waals surface area (Å²) in [5.41, 5.74) is 4.44. The minimum atomic E-state index is 0.0312. The maximum atomic E-state index is 5.87. The van der Waals surface area contributed by atoms with Crippen LogP contribution in [-0.2, 0) is 0 Å². The Morgan fingerprint density at radius 1 is 1.09 bits per heavy atom. The number of hydrogen-bond acceptors (Lipinski definition) is 2. The van der Waals surface area contributed by atoms with Gasteiger partial charge in [0.25, 0.3) is 0 Å². The van der Waals surface area contributed by atoms with Gasteiger partial charge in [-0.15, -0.1) is 0 Å². The Hall–Kier alpha value is -1.77. The molecule has 0 bridgehead atoms. The van der Waals surface area contributed by atoms with Gasteiger partial charge in [-0.2, -0.15) is 5.10 Å². The number of benzene rings is 2. The van der Waals surface area contributed by atoms with Crippen LogP contribution in [0.5, 0.6) is 0 Å². The largest absolute Gasteiger partial charge is 0.258 e. The normalized spacial score (nSPS) is 17.3. The van der Waals surface area contributed by atoms with Crippen molar-refractivity contribution >= 4 is 34.6 Å². The lowest BCUT2D eigenvalue weighted by Crippen LogP contribution is -2.24. The van der Waals surface area contributed by atoms with Crippen molar-refractivity contribution in [3.8, 4) is 0 Å². The number of hydrazone groups is 1. The highest BCUT2D eigenvalue weighted by Crippen LogP contribution is 2.29. The summed E-state index contributed by atoms with van der Waals surface area (Å²) in [6.07, 6.45) is 2.61. The van der Waals surface area contributed by atoms with Crippen molar-refractivity contribution in [2.45, 2.75) is 19.4 Å². The fourth-order valence-electron chi connectivity index (χ4n) is 2.56. The molecular formula is C18H16Cl2N2. The Morgan fingerprint density at radius 3 is 2.41 bits per heavy atom. The van der Waals surface area contributed by atoms with E-state index in [9.17, 15) is 0 Å². The molecule has 1 atom stereocenters. The Balaban J connectivity index is 1.96. The van der Waals surface area contributed by atoms with Crippen LogP contribution in [0, 0.1) is 6.92 Å². The predicted molar refractivity (Wildman–Crippen MR) is 94.8 cm³/mol. The van der Waals surface area contributed by atoms with Crippen LogP contribution in [0.25, 0.3) is 0 Å². The van der Waals surface area contributed by atoms with E-state index in [4.69, 9.17) is 28.3 Å². The number of halogens is 2. The van der Waals surface area contributed by atoms with Crippen molar-refractivity contribution in [2.24, 2.45) is 5.10 Å². The van der Waals surface area contributed by atoms with Crippen LogP contribution >= 0.6 is 23.2 Å². The first-order chi connectivity index (χ1) is 10.6. The van der Waals surface area contributed by atoms with Gasteiger partial charge in [0.2, 0.25) is 0 Å². The second-order valence-corrected chi connectivity index (χ2v) is 6.33. The fourth-order valence-corrected chi connectivity index (χ4v) is 2.85. The first-order valence-corrected chi connectivity index (χ1v) is 7.91. The molecular weight excluding hydrogens is 315 g/mol. The Bertz CT molecular complexity index is 702. The molecule has 0 aliphatic carbocycles. The average molecular weight is 331 g/mol. The third kappa shape index (κ3) is 3.34. The highest BCUT2D eigenvalue weighted by atomic mass is 35.5. The Kier molecular flexibility index (Phi) is 4.51. The molecule has 0 aromatic heterocycles. The summed E-state index contributed by atoms with van der Waals surface area (Å²) in [5, 5.41) is 6.75. The number of rotatable bonds is 3. The van der Waals surface area contributed by atoms with Crippen LogP contribution < -0.4 is 5.01 Å². The molecule has 1 aliphatic rings. The van der Waals surface area contributed by atoms with E-state index in [0.717, 1.165) is 23.4 Å². The van der Waals surface area contributed by atoms with E-state index in [1.165, 1.54) is 5.56 Å². The molecule has 0 fully saturated rings. The van der Waals surface area contributed by atoms with Crippen molar-refractivity contribution in [3.05, 3.63) is 76.3 Å². The molecule has 2 nitrogen and oxygen atoms in total. The molecule has 112 valence electrons. The van der Waals surface area contributed by atoms with Crippen LogP contribution in [0.2, 0.25) is 0 Å². The van der Waals surface area contributed by atoms with Crippen molar-refractivity contribution in [1.82, 2.24) is 0 Å². The predicted octanol–water partition coefficient (Wildman–Crippen LogP) is 5.30. The monoisotopic (exact) mass is 330 g/mol. The number of nitrogens with zero attached hydrogens (tertiary/aromatic N) is 2. The molecule has 0 spiro atoms. The van der Waals surface area contributed by atoms with E-state index in [1.54, 1.807) is 0 Å². The molecule has 1 aliphatic heterocycles. The summed E-state index contributed by atoms with van der Waals surface area (Å²) >= 11 is 11.7. The number of aryl methyl sites for hydroxylation is 1. The van der Waals surface area contributed by atoms with E-state index >= 15 is 0 Å². The smallest absolute Gasteiger partial charge is 0.105 e. The molecule has 3 rings (SSSR count). The number of hydrogen-bond donors (Lipinski definition) is 0. The zero-order valence-electron chi connectivity index (χ0n) is 12.2. The lowest BCUT2D eigenvalue weighted by molar-refractivity contribution is 0.788. The summed E-state index contributed by atoms with van der Waals surface area (Å²) in [6.45, 7) is 2.08. The molecule has 0 radical (unpaired) electrons. The molecule has 0 amide bonds. The van der Waals surface area contributed by atoms with E-state index in [0.29, 0.717) is 0 Å². The number of anilines is 1. The van der Waals surface area contributed by atoms with Gasteiger partial charge in [0.05, 0.1) is 17.4 Å². The SMILES string of the molecule is Cc1ccc(C2=NN(c3ccccc3)[C@@H](C=C(Cl)Cl)C2)cc1. The minimum Gasteiger partial charge on any atom is -0.258 e. The van der Waals surface area contributed by atoms with Gasteiger partial charge >= 0.3 is 0 Å². The quantitative estimate of drug-likeness (QED) is 0.745. The second kappa shape index (κ2) is 6.55. The standard InChI is InChI=1S/C18H16Cl2N2/c1-13-7-9-14(10-8-13)17-11-16(12-18(19)20)22(21-17)15-5-3-2-4-6-15/h2-10,12,16H,11H2,1H3/t16-/m1/s1. The van der Waals surface area contributed by atoms with E-state index < -0.39 is 0 Å². The van der Waals surface area contributed by atoms with Crippen LogP contribution in [0.4, 0.5) is 5.69 Å². The van der Waals surface area contributed by atoms with Gasteiger partial charge < -0.3 is 0 Å². The summed E-state index contributed by atoms with van der Waals surface area (Å²) < 4.78 is 0.270. The van der Waals surface area contributed by atoms with Crippen LogP contribution in [0.3, 0.4) is 0 Å². The van der Waals surface area contributed by atoms with E-state index in [2.05, 4.69) is 31.2 Å². The van der Waals surface area contributed by atoms with Gasteiger partial charge in [0.15, 0.2) is 0 Å². The van der Waals surface area contributed by atoms with Gasteiger partial charge in [-0.05, 0) is 30.7 Å². The average Bonchev–Trinajstić information content (AvgIpc) is 2.92. The van der Waals surface area contributed by atoms with Gasteiger partial charge in [0, 0.05) is 6.42 Å². The molecule has 0 saturated heterocycles. The topological polar surface area (TPSA) is 15.6 Å². The lowest BCUT2D eigenvalue weighted by atomic mass is 10.0. The van der Waals surface area contributed by atoms with Gasteiger partial charge in [-0.1, -0.05) is 71.2 Å². The van der Waals surface area contributed by atoms with Crippen LogP contribution in [0.1, 0.15) is 17.5 Å². The zero-order chi connectivity index (χ0) is 15.5. The summed E-state index contributed by atoms with van der Waals surface area (Å²) in [6, 6.07) is 18.5. The Labute approximate surface area is 140 Å². The molecule has 0 N–H and O–H groups in total. The van der Waals surface area contributed by atoms with Gasteiger partial charge in [0.1, 0.15) is 4.49 Å². The molecule has 2 aromatic rings. The molecule has 22 heavy (non-hydrogen) atoms. The van der Waals surface area contributed by atoms with E-state index in [1.807, 2.05) is 41.4 Å². The second-order valence-electron chi connectivity index (χ2n) is 5.32. The molecule has 0 unspecified atom stereocenters. The molecule has 4 heteroatoms. The third-order valence-electron chi connectivity index (χ3n) is 3.67. The van der Waals surface area contributed by atoms with Crippen molar-refractivity contribution in [1.29, 1.82) is 0 Å². The molecule has 2 aromatic carbocycles. The fraction of sp³-hybridized carbons (Fsp3) is 0.167. The first kappa shape index (κ1) is 15.1. The Morgan fingerprint density at radius 2 is 1.77 bits per heavy atom. The zero-order valence-corrected chi connectivity index (χ0v) is 13.7. The van der Waals surface area contributed by atoms with Gasteiger partial charge in [-0.3, -0.25) is 5.01 Å². The summed E-state index contributed by atoms with van der Waals surface area (Å²) in [7, 11) is 0. The first-order valence-electron chi connectivity index (χ1n) is 7.15. The summed E-state index contributed by atoms with van der Waals surface area (Å²) in [4.78, 5) is 0. The summed E-state index contributed by atoms with van der Waals surface area (Å²) in [5.74, 6) is 0. The maximum Gasteiger partial charge on any atom is 0.105 e. The van der Waals surface area contributed by atoms with Crippen LogP contribution in [0.15, 0.2) is 70.3 Å². The van der Waals surface area contributed by atoms with Crippen molar-refractivity contribution < 1.29 is 0 Å². The highest BCUT2D eigenvalue weighted by molar-refractivity contribution is 6.55. The van der Waals surface area contributed by atoms with Gasteiger partial charge in [-0.25, -0.2) is 0 Å². The number of para-hydroxylation sites is 1. The van der Waals surface area contributed by atoms with Crippen LogP contribution in [-0.4, -0.2) is 11.8 Å². The molecule has 1 heterocycles. The van der Waals surface area contributed by atoms with E-state index in [-0.39, 0.29) is 10.5 Å². The highest BCUT2D eigenvalue weighted by Gasteiger charge is 2.27. The minimum absolute atomic E-state index is 0.0312. The molecule has 0 saturated carbocycles. The lowest BCUT2D eigenvalue weighted by Gasteiger charge is -2.20. The maximum absolute atomic E-state index is 5.87. The van der Waals surface area contributed by atoms with Crippen molar-refractivity contribution in [2.75, 3.05) is 5.01 Å². The third-order valence-corrected chi connectivity index (χ3v) is 3.92.